The van der Waals surface area contributed by atoms with Crippen LogP contribution in [0.1, 0.15) is 43.1 Å². The summed E-state index contributed by atoms with van der Waals surface area (Å²) in [5, 5.41) is 22.1. The third-order valence-electron chi connectivity index (χ3n) is 5.47. The summed E-state index contributed by atoms with van der Waals surface area (Å²) in [6, 6.07) is 14.8. The number of halogens is 1. The van der Waals surface area contributed by atoms with Gasteiger partial charge in [-0.3, -0.25) is 19.4 Å². The van der Waals surface area contributed by atoms with E-state index in [0.717, 1.165) is 0 Å². The fourth-order valence-electron chi connectivity index (χ4n) is 3.53. The summed E-state index contributed by atoms with van der Waals surface area (Å²) in [5.74, 6) is 2.66. The zero-order chi connectivity index (χ0) is 27.1. The van der Waals surface area contributed by atoms with E-state index in [1.54, 1.807) is 30.3 Å². The van der Waals surface area contributed by atoms with Crippen molar-refractivity contribution in [1.29, 1.82) is 0 Å². The first kappa shape index (κ1) is 27.2. The average molecular weight is 526 g/mol. The van der Waals surface area contributed by atoms with Crippen LogP contribution < -0.4 is 15.9 Å². The van der Waals surface area contributed by atoms with Crippen molar-refractivity contribution in [2.24, 2.45) is 5.84 Å². The molecule has 192 valence electrons. The minimum Gasteiger partial charge on any atom is -0.508 e. The van der Waals surface area contributed by atoms with Crippen molar-refractivity contribution in [2.75, 3.05) is 7.11 Å². The van der Waals surface area contributed by atoms with Gasteiger partial charge in [0, 0.05) is 18.5 Å². The Morgan fingerprint density at radius 1 is 1.03 bits per heavy atom. The lowest BCUT2D eigenvalue weighted by Gasteiger charge is -2.24. The van der Waals surface area contributed by atoms with E-state index in [9.17, 15) is 29.4 Å². The fourth-order valence-corrected chi connectivity index (χ4v) is 3.79. The van der Waals surface area contributed by atoms with Crippen LogP contribution in [-0.2, 0) is 11.3 Å². The van der Waals surface area contributed by atoms with Crippen LogP contribution in [0, 0.1) is 0 Å². The maximum Gasteiger partial charge on any atom is 0.328 e. The van der Waals surface area contributed by atoms with Crippen molar-refractivity contribution in [3.8, 4) is 11.5 Å². The van der Waals surface area contributed by atoms with Gasteiger partial charge >= 0.3 is 5.97 Å². The highest BCUT2D eigenvalue weighted by Crippen LogP contribution is 2.23. The average Bonchev–Trinajstić information content (AvgIpc) is 2.89. The number of methoxy groups -OCH3 is 1. The fraction of sp³-hybridized carbons (Fsp3) is 0.154. The van der Waals surface area contributed by atoms with Gasteiger partial charge in [-0.2, -0.15) is 0 Å². The molecule has 0 heterocycles. The molecule has 0 aliphatic carbocycles. The van der Waals surface area contributed by atoms with E-state index in [1.165, 1.54) is 43.5 Å². The molecule has 3 rings (SSSR count). The molecule has 0 saturated carbocycles. The number of nitrogens with one attached hydrogen (secondary N) is 1. The number of carboxylic acid groups (broad SMARTS) is 1. The molecule has 11 heteroatoms. The Morgan fingerprint density at radius 3 is 2.41 bits per heavy atom. The molecule has 3 aromatic carbocycles. The van der Waals surface area contributed by atoms with Crippen LogP contribution in [0.15, 0.2) is 66.7 Å². The van der Waals surface area contributed by atoms with Crippen LogP contribution in [0.25, 0.3) is 0 Å². The van der Waals surface area contributed by atoms with Gasteiger partial charge in [0.05, 0.1) is 23.3 Å². The molecule has 10 nitrogen and oxygen atoms in total. The quantitative estimate of drug-likeness (QED) is 0.136. The molecule has 0 aromatic heterocycles. The molecule has 0 fully saturated rings. The highest BCUT2D eigenvalue weighted by atomic mass is 35.5. The SMILES string of the molecule is COc1ccccc1C(=O)C[C@@H](C(=O)O)N(N)C(=O)c1ccc(C(=O)NCc2cccc(O)c2)cc1Cl. The van der Waals surface area contributed by atoms with E-state index in [1.807, 2.05) is 0 Å². The summed E-state index contributed by atoms with van der Waals surface area (Å²) in [7, 11) is 1.37. The molecule has 3 aromatic rings. The van der Waals surface area contributed by atoms with Gasteiger partial charge in [0.1, 0.15) is 11.5 Å². The molecule has 1 atom stereocenters. The summed E-state index contributed by atoms with van der Waals surface area (Å²) >= 11 is 6.23. The first-order valence-corrected chi connectivity index (χ1v) is 11.3. The second-order valence-corrected chi connectivity index (χ2v) is 8.35. The number of phenolic OH excluding ortho intramolecular Hbond substituents is 1. The molecule has 0 radical (unpaired) electrons. The molecule has 37 heavy (non-hydrogen) atoms. The van der Waals surface area contributed by atoms with Gasteiger partial charge < -0.3 is 20.3 Å². The van der Waals surface area contributed by atoms with Crippen molar-refractivity contribution >= 4 is 35.2 Å². The molecule has 0 saturated heterocycles. The normalized spacial score (nSPS) is 11.3. The van der Waals surface area contributed by atoms with Gasteiger partial charge in [-0.1, -0.05) is 35.9 Å². The number of Topliss-reactive ketones (excluding diaryl/α,β-unsaturated/α-hetero) is 1. The van der Waals surface area contributed by atoms with Crippen LogP contribution in [0.2, 0.25) is 5.02 Å². The number of rotatable bonds is 10. The number of hydrogen-bond acceptors (Lipinski definition) is 7. The van der Waals surface area contributed by atoms with Crippen LogP contribution in [0.5, 0.6) is 11.5 Å². The molecular weight excluding hydrogens is 502 g/mol. The maximum absolute atomic E-state index is 13.0. The predicted octanol–water partition coefficient (Wildman–Crippen LogP) is 3.03. The van der Waals surface area contributed by atoms with Gasteiger partial charge in [0.2, 0.25) is 0 Å². The number of phenols is 1. The second-order valence-electron chi connectivity index (χ2n) is 7.94. The van der Waals surface area contributed by atoms with Crippen molar-refractivity contribution in [1.82, 2.24) is 10.3 Å². The third kappa shape index (κ3) is 6.63. The van der Waals surface area contributed by atoms with E-state index in [4.69, 9.17) is 22.2 Å². The summed E-state index contributed by atoms with van der Waals surface area (Å²) in [6.07, 6.45) is -0.606. The smallest absolute Gasteiger partial charge is 0.328 e. The molecule has 0 aliphatic heterocycles. The van der Waals surface area contributed by atoms with E-state index >= 15 is 0 Å². The number of benzene rings is 3. The molecule has 5 N–H and O–H groups in total. The largest absolute Gasteiger partial charge is 0.508 e. The van der Waals surface area contributed by atoms with Gasteiger partial charge in [0.15, 0.2) is 11.8 Å². The van der Waals surface area contributed by atoms with Gasteiger partial charge in [-0.05, 0) is 48.0 Å². The number of amides is 2. The number of para-hydroxylation sites is 1. The number of nitrogens with two attached hydrogens (primary N) is 1. The zero-order valence-corrected chi connectivity index (χ0v) is 20.4. The molecule has 0 bridgehead atoms. The Labute approximate surface area is 217 Å². The Kier molecular flexibility index (Phi) is 8.83. The van der Waals surface area contributed by atoms with E-state index < -0.39 is 36.0 Å². The minimum atomic E-state index is -1.69. The lowest BCUT2D eigenvalue weighted by Crippen LogP contribution is -2.50. The Balaban J connectivity index is 1.73. The number of carbonyl (C=O) groups excluding carboxylic acids is 3. The van der Waals surface area contributed by atoms with Crippen LogP contribution in [0.3, 0.4) is 0 Å². The Morgan fingerprint density at radius 2 is 1.76 bits per heavy atom. The van der Waals surface area contributed by atoms with Crippen molar-refractivity contribution in [3.63, 3.8) is 0 Å². The van der Waals surface area contributed by atoms with Gasteiger partial charge in [-0.15, -0.1) is 0 Å². The van der Waals surface area contributed by atoms with Gasteiger partial charge in [-0.25, -0.2) is 10.6 Å². The van der Waals surface area contributed by atoms with Gasteiger partial charge in [0.25, 0.3) is 11.8 Å². The first-order valence-electron chi connectivity index (χ1n) is 10.9. The number of hydrogen-bond donors (Lipinski definition) is 4. The summed E-state index contributed by atoms with van der Waals surface area (Å²) in [5.41, 5.74) is 0.819. The number of carboxylic acids is 1. The summed E-state index contributed by atoms with van der Waals surface area (Å²) in [6.45, 7) is 0.142. The minimum absolute atomic E-state index is 0.0632. The number of aliphatic carboxylic acids is 1. The highest BCUT2D eigenvalue weighted by Gasteiger charge is 2.32. The molecule has 0 unspecified atom stereocenters. The third-order valence-corrected chi connectivity index (χ3v) is 5.78. The van der Waals surface area contributed by atoms with E-state index in [-0.39, 0.29) is 39.8 Å². The lowest BCUT2D eigenvalue weighted by molar-refractivity contribution is -0.142. The first-order chi connectivity index (χ1) is 17.6. The number of ketones is 1. The topological polar surface area (TPSA) is 159 Å². The van der Waals surface area contributed by atoms with Crippen molar-refractivity contribution in [3.05, 3.63) is 94.0 Å². The van der Waals surface area contributed by atoms with Crippen molar-refractivity contribution in [2.45, 2.75) is 19.0 Å². The standard InChI is InChI=1S/C26H24ClN3O7/c1-37-23-8-3-2-7-19(23)22(32)13-21(26(35)36)30(28)25(34)18-10-9-16(12-20(18)27)24(33)29-14-15-5-4-6-17(31)11-15/h2-12,21,31H,13-14,28H2,1H3,(H,29,33)(H,35,36)/t21-/m0/s1. The Hall–Kier alpha value is -4.41. The predicted molar refractivity (Wildman–Crippen MR) is 134 cm³/mol. The summed E-state index contributed by atoms with van der Waals surface area (Å²) in [4.78, 5) is 50.1. The maximum atomic E-state index is 13.0. The zero-order valence-electron chi connectivity index (χ0n) is 19.7. The van der Waals surface area contributed by atoms with Crippen molar-refractivity contribution < 1.29 is 34.1 Å². The number of nitrogens with zero attached hydrogens (tertiary/aromatic N) is 1. The number of ether oxygens (including phenoxy) is 1. The monoisotopic (exact) mass is 525 g/mol. The van der Waals surface area contributed by atoms with E-state index in [0.29, 0.717) is 10.6 Å². The molecule has 0 spiro atoms. The highest BCUT2D eigenvalue weighted by molar-refractivity contribution is 6.34. The number of aromatic hydroxyl groups is 1. The van der Waals surface area contributed by atoms with Crippen LogP contribution in [-0.4, -0.2) is 51.9 Å². The molecule has 0 aliphatic rings. The van der Waals surface area contributed by atoms with Crippen LogP contribution in [0.4, 0.5) is 0 Å². The second kappa shape index (κ2) is 12.0. The Bertz CT molecular complexity index is 1350. The van der Waals surface area contributed by atoms with E-state index in [2.05, 4.69) is 5.32 Å². The lowest BCUT2D eigenvalue weighted by atomic mass is 10.0. The summed E-state index contributed by atoms with van der Waals surface area (Å²) < 4.78 is 5.14. The number of carbonyl (C=O) groups is 4. The molecule has 2 amide bonds. The van der Waals surface area contributed by atoms with Crippen LogP contribution >= 0.6 is 11.6 Å². The molecular formula is C26H24ClN3O7. The number of hydrazine groups is 1.